The summed E-state index contributed by atoms with van der Waals surface area (Å²) < 4.78 is 30.9. The zero-order chi connectivity index (χ0) is 10.2. The van der Waals surface area contributed by atoms with Crippen molar-refractivity contribution in [1.29, 1.82) is 0 Å². The SMILES string of the molecule is OC1(C(F)F)CCCC12CCOCC2. The van der Waals surface area contributed by atoms with E-state index in [0.29, 0.717) is 32.5 Å². The van der Waals surface area contributed by atoms with E-state index in [2.05, 4.69) is 0 Å². The maximum absolute atomic E-state index is 12.9. The molecule has 2 aliphatic rings. The Morgan fingerprint density at radius 3 is 2.29 bits per heavy atom. The van der Waals surface area contributed by atoms with E-state index in [1.807, 2.05) is 0 Å². The molecule has 1 heterocycles. The zero-order valence-electron chi connectivity index (χ0n) is 8.14. The fourth-order valence-electron chi connectivity index (χ4n) is 2.96. The van der Waals surface area contributed by atoms with Gasteiger partial charge in [-0.1, -0.05) is 0 Å². The van der Waals surface area contributed by atoms with Crippen molar-refractivity contribution in [3.8, 4) is 0 Å². The van der Waals surface area contributed by atoms with Crippen LogP contribution in [0.25, 0.3) is 0 Å². The summed E-state index contributed by atoms with van der Waals surface area (Å²) in [6.45, 7) is 1.02. The molecule has 0 bridgehead atoms. The van der Waals surface area contributed by atoms with E-state index >= 15 is 0 Å². The van der Waals surface area contributed by atoms with Gasteiger partial charge in [-0.15, -0.1) is 0 Å². The van der Waals surface area contributed by atoms with E-state index in [1.165, 1.54) is 0 Å². The van der Waals surface area contributed by atoms with Crippen molar-refractivity contribution in [3.63, 3.8) is 0 Å². The summed E-state index contributed by atoms with van der Waals surface area (Å²) in [5.74, 6) is 0. The summed E-state index contributed by atoms with van der Waals surface area (Å²) in [6, 6.07) is 0. The highest BCUT2D eigenvalue weighted by Crippen LogP contribution is 2.55. The number of alkyl halides is 2. The van der Waals surface area contributed by atoms with Crippen LogP contribution in [0.4, 0.5) is 8.78 Å². The fourth-order valence-corrected chi connectivity index (χ4v) is 2.96. The molecule has 0 aromatic rings. The van der Waals surface area contributed by atoms with Gasteiger partial charge in [0.25, 0.3) is 6.43 Å². The van der Waals surface area contributed by atoms with Crippen molar-refractivity contribution >= 4 is 0 Å². The molecule has 1 spiro atoms. The summed E-state index contributed by atoms with van der Waals surface area (Å²) in [5, 5.41) is 10.0. The predicted octanol–water partition coefficient (Wildman–Crippen LogP) is 1.96. The molecule has 82 valence electrons. The number of aliphatic hydroxyl groups is 1. The summed E-state index contributed by atoms with van der Waals surface area (Å²) in [4.78, 5) is 0. The Kier molecular flexibility index (Phi) is 2.52. The average Bonchev–Trinajstić information content (AvgIpc) is 2.47. The lowest BCUT2D eigenvalue weighted by molar-refractivity contribution is -0.183. The van der Waals surface area contributed by atoms with Crippen molar-refractivity contribution < 1.29 is 18.6 Å². The van der Waals surface area contributed by atoms with Crippen molar-refractivity contribution in [1.82, 2.24) is 0 Å². The Morgan fingerprint density at radius 2 is 1.71 bits per heavy atom. The van der Waals surface area contributed by atoms with Crippen LogP contribution in [0.15, 0.2) is 0 Å². The first kappa shape index (κ1) is 10.3. The van der Waals surface area contributed by atoms with Crippen molar-refractivity contribution in [3.05, 3.63) is 0 Å². The third-order valence-corrected chi connectivity index (χ3v) is 3.94. The maximum Gasteiger partial charge on any atom is 0.267 e. The second kappa shape index (κ2) is 3.42. The monoisotopic (exact) mass is 206 g/mol. The van der Waals surface area contributed by atoms with E-state index < -0.39 is 17.4 Å². The number of hydrogen-bond donors (Lipinski definition) is 1. The average molecular weight is 206 g/mol. The lowest BCUT2D eigenvalue weighted by atomic mass is 9.69. The quantitative estimate of drug-likeness (QED) is 0.710. The Hall–Kier alpha value is -0.220. The largest absolute Gasteiger partial charge is 0.383 e. The lowest BCUT2D eigenvalue weighted by Crippen LogP contribution is -2.52. The number of halogens is 2. The van der Waals surface area contributed by atoms with E-state index in [1.54, 1.807) is 0 Å². The first-order valence-electron chi connectivity index (χ1n) is 5.19. The minimum Gasteiger partial charge on any atom is -0.383 e. The molecular weight excluding hydrogens is 190 g/mol. The minimum absolute atomic E-state index is 0.241. The molecule has 1 saturated heterocycles. The smallest absolute Gasteiger partial charge is 0.267 e. The topological polar surface area (TPSA) is 29.5 Å². The molecule has 1 aliphatic carbocycles. The lowest BCUT2D eigenvalue weighted by Gasteiger charge is -2.44. The van der Waals surface area contributed by atoms with Crippen LogP contribution in [-0.2, 0) is 4.74 Å². The fraction of sp³-hybridized carbons (Fsp3) is 1.00. The molecule has 1 unspecified atom stereocenters. The van der Waals surface area contributed by atoms with Gasteiger partial charge in [-0.05, 0) is 32.1 Å². The highest BCUT2D eigenvalue weighted by molar-refractivity contribution is 5.06. The van der Waals surface area contributed by atoms with Gasteiger partial charge in [0.2, 0.25) is 0 Å². The van der Waals surface area contributed by atoms with Crippen LogP contribution in [0.1, 0.15) is 32.1 Å². The number of ether oxygens (including phenoxy) is 1. The number of hydrogen-bond acceptors (Lipinski definition) is 2. The molecule has 1 saturated carbocycles. The van der Waals surface area contributed by atoms with Crippen LogP contribution in [0.2, 0.25) is 0 Å². The molecule has 0 amide bonds. The second-order valence-electron chi connectivity index (χ2n) is 4.47. The summed E-state index contributed by atoms with van der Waals surface area (Å²) >= 11 is 0. The molecule has 0 aromatic heterocycles. The molecule has 2 nitrogen and oxygen atoms in total. The number of rotatable bonds is 1. The molecule has 4 heteroatoms. The zero-order valence-corrected chi connectivity index (χ0v) is 8.14. The normalized spacial score (nSPS) is 36.9. The van der Waals surface area contributed by atoms with Gasteiger partial charge in [0.15, 0.2) is 0 Å². The van der Waals surface area contributed by atoms with Gasteiger partial charge < -0.3 is 9.84 Å². The third-order valence-electron chi connectivity index (χ3n) is 3.94. The van der Waals surface area contributed by atoms with Crippen molar-refractivity contribution in [2.45, 2.75) is 44.1 Å². The first-order valence-corrected chi connectivity index (χ1v) is 5.19. The van der Waals surface area contributed by atoms with Gasteiger partial charge in [-0.3, -0.25) is 0 Å². The molecule has 0 radical (unpaired) electrons. The van der Waals surface area contributed by atoms with Gasteiger partial charge in [0.05, 0.1) is 0 Å². The molecular formula is C10H16F2O2. The molecule has 2 fully saturated rings. The maximum atomic E-state index is 12.9. The summed E-state index contributed by atoms with van der Waals surface area (Å²) in [7, 11) is 0. The Labute approximate surface area is 82.3 Å². The first-order chi connectivity index (χ1) is 6.61. The third kappa shape index (κ3) is 1.27. The standard InChI is InChI=1S/C10H16F2O2/c11-8(12)10(13)3-1-2-9(10)4-6-14-7-5-9/h8,13H,1-7H2. The molecule has 1 atom stereocenters. The van der Waals surface area contributed by atoms with Crippen LogP contribution in [0.5, 0.6) is 0 Å². The van der Waals surface area contributed by atoms with Crippen molar-refractivity contribution in [2.24, 2.45) is 5.41 Å². The van der Waals surface area contributed by atoms with Crippen LogP contribution in [0.3, 0.4) is 0 Å². The Morgan fingerprint density at radius 1 is 1.07 bits per heavy atom. The van der Waals surface area contributed by atoms with Gasteiger partial charge in [-0.25, -0.2) is 8.78 Å². The molecule has 1 N–H and O–H groups in total. The summed E-state index contributed by atoms with van der Waals surface area (Å²) in [6.07, 6.45) is 0.202. The molecule has 0 aromatic carbocycles. The van der Waals surface area contributed by atoms with Gasteiger partial charge in [0.1, 0.15) is 5.60 Å². The Bertz CT molecular complexity index is 214. The highest BCUT2D eigenvalue weighted by Gasteiger charge is 2.59. The molecule has 2 rings (SSSR count). The van der Waals surface area contributed by atoms with Crippen molar-refractivity contribution in [2.75, 3.05) is 13.2 Å². The van der Waals surface area contributed by atoms with Crippen LogP contribution in [-0.4, -0.2) is 30.3 Å². The van der Waals surface area contributed by atoms with Crippen LogP contribution >= 0.6 is 0 Å². The summed E-state index contributed by atoms with van der Waals surface area (Å²) in [5.41, 5.74) is -2.32. The van der Waals surface area contributed by atoms with Gasteiger partial charge in [-0.2, -0.15) is 0 Å². The van der Waals surface area contributed by atoms with Gasteiger partial charge >= 0.3 is 0 Å². The Balaban J connectivity index is 2.23. The van der Waals surface area contributed by atoms with E-state index in [9.17, 15) is 13.9 Å². The van der Waals surface area contributed by atoms with Crippen LogP contribution < -0.4 is 0 Å². The van der Waals surface area contributed by atoms with E-state index in [4.69, 9.17) is 4.74 Å². The van der Waals surface area contributed by atoms with E-state index in [0.717, 1.165) is 6.42 Å². The predicted molar refractivity (Wildman–Crippen MR) is 47.3 cm³/mol. The second-order valence-corrected chi connectivity index (χ2v) is 4.47. The minimum atomic E-state index is -2.62. The van der Waals surface area contributed by atoms with E-state index in [-0.39, 0.29) is 6.42 Å². The van der Waals surface area contributed by atoms with Crippen LogP contribution in [0, 0.1) is 5.41 Å². The molecule has 14 heavy (non-hydrogen) atoms. The van der Waals surface area contributed by atoms with Gasteiger partial charge in [0, 0.05) is 18.6 Å². The molecule has 1 aliphatic heterocycles. The highest BCUT2D eigenvalue weighted by atomic mass is 19.3.